The molecule has 0 unspecified atom stereocenters. The standard InChI is InChI=1S/C11H14S/c1-2-3-9-12-10-11-7-5-4-6-8-11/h3-9H,2,10H2,1H3/b9-3+. The molecular weight excluding hydrogens is 164 g/mol. The lowest BCUT2D eigenvalue weighted by molar-refractivity contribution is 1.23. The van der Waals surface area contributed by atoms with Crippen molar-refractivity contribution in [3.05, 3.63) is 47.4 Å². The number of hydrogen-bond acceptors (Lipinski definition) is 1. The fourth-order valence-corrected chi connectivity index (χ4v) is 1.69. The van der Waals surface area contributed by atoms with E-state index >= 15 is 0 Å². The van der Waals surface area contributed by atoms with E-state index in [-0.39, 0.29) is 0 Å². The van der Waals surface area contributed by atoms with Crippen LogP contribution in [0.5, 0.6) is 0 Å². The Hall–Kier alpha value is -0.690. The summed E-state index contributed by atoms with van der Waals surface area (Å²) in [6, 6.07) is 10.5. The molecule has 1 rings (SSSR count). The number of hydrogen-bond donors (Lipinski definition) is 0. The molecule has 0 saturated carbocycles. The van der Waals surface area contributed by atoms with Gasteiger partial charge in [0, 0.05) is 5.75 Å². The number of thioether (sulfide) groups is 1. The molecule has 12 heavy (non-hydrogen) atoms. The van der Waals surface area contributed by atoms with Crippen LogP contribution in [0.15, 0.2) is 41.8 Å². The minimum Gasteiger partial charge on any atom is -0.130 e. The van der Waals surface area contributed by atoms with Gasteiger partial charge in [-0.25, -0.2) is 0 Å². The van der Waals surface area contributed by atoms with Gasteiger partial charge < -0.3 is 0 Å². The van der Waals surface area contributed by atoms with Crippen LogP contribution in [0.2, 0.25) is 0 Å². The van der Waals surface area contributed by atoms with E-state index in [4.69, 9.17) is 0 Å². The van der Waals surface area contributed by atoms with Crippen LogP contribution >= 0.6 is 11.8 Å². The molecule has 1 aromatic carbocycles. The monoisotopic (exact) mass is 178 g/mol. The molecule has 64 valence electrons. The second kappa shape index (κ2) is 5.90. The van der Waals surface area contributed by atoms with E-state index in [0.717, 1.165) is 12.2 Å². The highest BCUT2D eigenvalue weighted by Gasteiger charge is 1.87. The Morgan fingerprint density at radius 1 is 1.25 bits per heavy atom. The summed E-state index contributed by atoms with van der Waals surface area (Å²) in [4.78, 5) is 0. The van der Waals surface area contributed by atoms with Gasteiger partial charge in [0.05, 0.1) is 0 Å². The molecule has 0 bridgehead atoms. The first kappa shape index (κ1) is 9.40. The van der Waals surface area contributed by atoms with Crippen molar-refractivity contribution in [3.8, 4) is 0 Å². The maximum atomic E-state index is 2.19. The van der Waals surface area contributed by atoms with Crippen molar-refractivity contribution in [2.75, 3.05) is 0 Å². The summed E-state index contributed by atoms with van der Waals surface area (Å²) < 4.78 is 0. The van der Waals surface area contributed by atoms with E-state index in [2.05, 4.69) is 48.7 Å². The van der Waals surface area contributed by atoms with Gasteiger partial charge in [-0.2, -0.15) is 0 Å². The van der Waals surface area contributed by atoms with E-state index in [1.807, 2.05) is 11.8 Å². The Bertz CT molecular complexity index is 226. The molecule has 0 amide bonds. The van der Waals surface area contributed by atoms with E-state index in [1.165, 1.54) is 5.56 Å². The van der Waals surface area contributed by atoms with Gasteiger partial charge in [0.15, 0.2) is 0 Å². The highest BCUT2D eigenvalue weighted by atomic mass is 32.2. The van der Waals surface area contributed by atoms with Gasteiger partial charge >= 0.3 is 0 Å². The van der Waals surface area contributed by atoms with Crippen molar-refractivity contribution < 1.29 is 0 Å². The zero-order valence-corrected chi connectivity index (χ0v) is 8.18. The lowest BCUT2D eigenvalue weighted by atomic mass is 10.2. The maximum absolute atomic E-state index is 2.19. The van der Waals surface area contributed by atoms with Crippen LogP contribution in [0, 0.1) is 0 Å². The third-order valence-electron chi connectivity index (χ3n) is 1.52. The highest BCUT2D eigenvalue weighted by Crippen LogP contribution is 2.12. The van der Waals surface area contributed by atoms with Crippen molar-refractivity contribution in [1.82, 2.24) is 0 Å². The topological polar surface area (TPSA) is 0 Å². The highest BCUT2D eigenvalue weighted by molar-refractivity contribution is 8.01. The number of allylic oxidation sites excluding steroid dienone is 1. The molecule has 0 radical (unpaired) electrons. The van der Waals surface area contributed by atoms with Crippen molar-refractivity contribution >= 4 is 11.8 Å². The summed E-state index contributed by atoms with van der Waals surface area (Å²) in [6.45, 7) is 2.15. The zero-order chi connectivity index (χ0) is 8.65. The minimum atomic E-state index is 1.08. The van der Waals surface area contributed by atoms with Crippen molar-refractivity contribution in [2.45, 2.75) is 19.1 Å². The molecule has 0 N–H and O–H groups in total. The Kier molecular flexibility index (Phi) is 4.62. The first-order chi connectivity index (χ1) is 5.93. The summed E-state index contributed by atoms with van der Waals surface area (Å²) in [5.74, 6) is 1.08. The van der Waals surface area contributed by atoms with Crippen LogP contribution in [0.4, 0.5) is 0 Å². The molecule has 1 heteroatoms. The first-order valence-corrected chi connectivity index (χ1v) is 5.29. The maximum Gasteiger partial charge on any atom is 0.0225 e. The predicted octanol–water partition coefficient (Wildman–Crippen LogP) is 3.84. The van der Waals surface area contributed by atoms with Gasteiger partial charge in [-0.1, -0.05) is 43.3 Å². The van der Waals surface area contributed by atoms with Gasteiger partial charge in [0.1, 0.15) is 0 Å². The second-order valence-corrected chi connectivity index (χ2v) is 3.47. The van der Waals surface area contributed by atoms with Gasteiger partial charge in [-0.15, -0.1) is 11.8 Å². The Morgan fingerprint density at radius 2 is 2.00 bits per heavy atom. The lowest BCUT2D eigenvalue weighted by Gasteiger charge is -1.95. The molecule has 0 spiro atoms. The number of rotatable bonds is 4. The lowest BCUT2D eigenvalue weighted by Crippen LogP contribution is -1.75. The normalized spacial score (nSPS) is 10.8. The fraction of sp³-hybridized carbons (Fsp3) is 0.273. The summed E-state index contributed by atoms with van der Waals surface area (Å²) in [5.41, 5.74) is 1.39. The number of benzene rings is 1. The van der Waals surface area contributed by atoms with E-state index < -0.39 is 0 Å². The van der Waals surface area contributed by atoms with Crippen LogP contribution in [-0.4, -0.2) is 0 Å². The molecule has 0 fully saturated rings. The van der Waals surface area contributed by atoms with Crippen molar-refractivity contribution in [1.29, 1.82) is 0 Å². The summed E-state index contributed by atoms with van der Waals surface area (Å²) >= 11 is 1.85. The van der Waals surface area contributed by atoms with Gasteiger partial charge in [-0.3, -0.25) is 0 Å². The molecule has 0 atom stereocenters. The van der Waals surface area contributed by atoms with Crippen LogP contribution in [0.3, 0.4) is 0 Å². The molecule has 1 aromatic rings. The quantitative estimate of drug-likeness (QED) is 0.675. The molecule has 0 nitrogen and oxygen atoms in total. The van der Waals surface area contributed by atoms with Crippen molar-refractivity contribution in [2.24, 2.45) is 0 Å². The van der Waals surface area contributed by atoms with Crippen molar-refractivity contribution in [3.63, 3.8) is 0 Å². The summed E-state index contributed by atoms with van der Waals surface area (Å²) in [5, 5.41) is 2.17. The smallest absolute Gasteiger partial charge is 0.0225 e. The molecule has 0 aliphatic rings. The van der Waals surface area contributed by atoms with Crippen LogP contribution in [0.25, 0.3) is 0 Å². The van der Waals surface area contributed by atoms with Crippen LogP contribution in [-0.2, 0) is 5.75 Å². The zero-order valence-electron chi connectivity index (χ0n) is 7.36. The van der Waals surface area contributed by atoms with E-state index in [9.17, 15) is 0 Å². The minimum absolute atomic E-state index is 1.08. The largest absolute Gasteiger partial charge is 0.130 e. The fourth-order valence-electron chi connectivity index (χ4n) is 0.883. The molecular formula is C11H14S. The third-order valence-corrected chi connectivity index (χ3v) is 2.41. The van der Waals surface area contributed by atoms with Crippen LogP contribution in [0.1, 0.15) is 18.9 Å². The molecule has 0 saturated heterocycles. The predicted molar refractivity (Wildman–Crippen MR) is 57.2 cm³/mol. The Labute approximate surface area is 78.7 Å². The van der Waals surface area contributed by atoms with E-state index in [0.29, 0.717) is 0 Å². The first-order valence-electron chi connectivity index (χ1n) is 4.24. The second-order valence-electron chi connectivity index (χ2n) is 2.58. The average molecular weight is 178 g/mol. The average Bonchev–Trinajstić information content (AvgIpc) is 2.14. The SMILES string of the molecule is CC/C=C/SCc1ccccc1. The third kappa shape index (κ3) is 3.63. The Morgan fingerprint density at radius 3 is 2.67 bits per heavy atom. The Balaban J connectivity index is 2.29. The molecule has 0 aromatic heterocycles. The summed E-state index contributed by atoms with van der Waals surface area (Å²) in [6.07, 6.45) is 3.31. The van der Waals surface area contributed by atoms with Gasteiger partial charge in [-0.05, 0) is 17.4 Å². The molecule has 0 aliphatic heterocycles. The van der Waals surface area contributed by atoms with Gasteiger partial charge in [0.25, 0.3) is 0 Å². The summed E-state index contributed by atoms with van der Waals surface area (Å²) in [7, 11) is 0. The van der Waals surface area contributed by atoms with Crippen LogP contribution < -0.4 is 0 Å². The molecule has 0 heterocycles. The van der Waals surface area contributed by atoms with E-state index in [1.54, 1.807) is 0 Å². The van der Waals surface area contributed by atoms with Gasteiger partial charge in [0.2, 0.25) is 0 Å². The molecule has 0 aliphatic carbocycles.